The summed E-state index contributed by atoms with van der Waals surface area (Å²) in [7, 11) is 0. The van der Waals surface area contributed by atoms with Gasteiger partial charge in [-0.2, -0.15) is 5.10 Å². The summed E-state index contributed by atoms with van der Waals surface area (Å²) < 4.78 is 1.78. The number of aromatic nitrogens is 2. The molecule has 0 unspecified atom stereocenters. The van der Waals surface area contributed by atoms with Crippen molar-refractivity contribution >= 4 is 58.2 Å². The van der Waals surface area contributed by atoms with E-state index in [0.717, 1.165) is 22.5 Å². The van der Waals surface area contributed by atoms with E-state index in [2.05, 4.69) is 23.4 Å². The van der Waals surface area contributed by atoms with E-state index in [0.29, 0.717) is 14.8 Å². The van der Waals surface area contributed by atoms with Crippen LogP contribution in [-0.4, -0.2) is 22.1 Å². The minimum Gasteiger partial charge on any atom is -0.262 e. The number of halogens is 2. The van der Waals surface area contributed by atoms with Gasteiger partial charge in [-0.25, -0.2) is 9.67 Å². The summed E-state index contributed by atoms with van der Waals surface area (Å²) in [4.78, 5) is 10.7. The van der Waals surface area contributed by atoms with E-state index >= 15 is 0 Å². The monoisotopic (exact) mass is 470 g/mol. The van der Waals surface area contributed by atoms with Crippen molar-refractivity contribution in [3.05, 3.63) is 92.8 Å². The molecule has 4 rings (SSSR count). The highest BCUT2D eigenvalue weighted by Gasteiger charge is 2.12. The Morgan fingerprint density at radius 2 is 1.93 bits per heavy atom. The Hall–Kier alpha value is -2.38. The van der Waals surface area contributed by atoms with Crippen LogP contribution in [-0.2, 0) is 0 Å². The molecule has 150 valence electrons. The molecular formula is C22H16Cl2N4S2. The molecule has 2 aromatic carbocycles. The number of thioether (sulfide) groups is 1. The summed E-state index contributed by atoms with van der Waals surface area (Å²) in [5.41, 5.74) is 3.34. The molecule has 30 heavy (non-hydrogen) atoms. The Labute approximate surface area is 192 Å². The number of benzene rings is 2. The second-order valence-electron chi connectivity index (χ2n) is 6.18. The van der Waals surface area contributed by atoms with Gasteiger partial charge in [0.25, 0.3) is 0 Å². The molecule has 0 atom stereocenters. The van der Waals surface area contributed by atoms with Gasteiger partial charge in [-0.3, -0.25) is 4.98 Å². The predicted octanol–water partition coefficient (Wildman–Crippen LogP) is 6.75. The number of thiazole rings is 1. The lowest BCUT2D eigenvalue weighted by molar-refractivity contribution is 0.854. The lowest BCUT2D eigenvalue weighted by atomic mass is 10.2. The van der Waals surface area contributed by atoms with Crippen molar-refractivity contribution in [2.75, 3.05) is 6.26 Å². The number of rotatable bonds is 5. The summed E-state index contributed by atoms with van der Waals surface area (Å²) in [5, 5.41) is 7.89. The van der Waals surface area contributed by atoms with Gasteiger partial charge >= 0.3 is 0 Å². The third-order valence-corrected chi connectivity index (χ3v) is 6.32. The molecule has 0 aliphatic carbocycles. The molecule has 0 radical (unpaired) electrons. The molecule has 0 N–H and O–H groups in total. The van der Waals surface area contributed by atoms with Crippen LogP contribution < -0.4 is 4.80 Å². The van der Waals surface area contributed by atoms with E-state index in [1.54, 1.807) is 47.2 Å². The number of hydrogen-bond donors (Lipinski definition) is 0. The Kier molecular flexibility index (Phi) is 6.69. The molecule has 0 spiro atoms. The topological polar surface area (TPSA) is 42.5 Å². The molecule has 2 heterocycles. The first-order valence-electron chi connectivity index (χ1n) is 8.93. The van der Waals surface area contributed by atoms with E-state index in [1.807, 2.05) is 35.7 Å². The Bertz CT molecular complexity index is 1250. The SMILES string of the molecule is CSc1ccc(C=Nn2c(-c3cc(Cl)ccc3Cl)csc2=Nc2cccnc2)cc1. The van der Waals surface area contributed by atoms with Crippen LogP contribution in [0.2, 0.25) is 10.0 Å². The second-order valence-corrected chi connectivity index (χ2v) is 8.74. The lowest BCUT2D eigenvalue weighted by Crippen LogP contribution is -2.11. The molecule has 0 bridgehead atoms. The summed E-state index contributed by atoms with van der Waals surface area (Å²) in [6, 6.07) is 17.3. The van der Waals surface area contributed by atoms with Crippen LogP contribution >= 0.6 is 46.3 Å². The van der Waals surface area contributed by atoms with Gasteiger partial charge in [0.1, 0.15) is 0 Å². The van der Waals surface area contributed by atoms with Gasteiger partial charge in [-0.05, 0) is 54.3 Å². The highest BCUT2D eigenvalue weighted by Crippen LogP contribution is 2.31. The van der Waals surface area contributed by atoms with Crippen molar-refractivity contribution in [1.29, 1.82) is 0 Å². The average molecular weight is 471 g/mol. The maximum atomic E-state index is 6.46. The van der Waals surface area contributed by atoms with Gasteiger partial charge in [-0.15, -0.1) is 23.1 Å². The predicted molar refractivity (Wildman–Crippen MR) is 128 cm³/mol. The van der Waals surface area contributed by atoms with E-state index in [4.69, 9.17) is 33.3 Å². The molecule has 8 heteroatoms. The number of hydrogen-bond acceptors (Lipinski definition) is 5. The van der Waals surface area contributed by atoms with Crippen LogP contribution in [0.4, 0.5) is 5.69 Å². The summed E-state index contributed by atoms with van der Waals surface area (Å²) in [6.45, 7) is 0. The maximum Gasteiger partial charge on any atom is 0.211 e. The van der Waals surface area contributed by atoms with Crippen LogP contribution in [0.3, 0.4) is 0 Å². The van der Waals surface area contributed by atoms with E-state index in [1.165, 1.54) is 16.2 Å². The van der Waals surface area contributed by atoms with Crippen molar-refractivity contribution in [3.8, 4) is 11.3 Å². The van der Waals surface area contributed by atoms with Gasteiger partial charge in [0.15, 0.2) is 0 Å². The first-order chi connectivity index (χ1) is 14.6. The Morgan fingerprint density at radius 3 is 2.67 bits per heavy atom. The lowest BCUT2D eigenvalue weighted by Gasteiger charge is -2.06. The first-order valence-corrected chi connectivity index (χ1v) is 11.8. The largest absolute Gasteiger partial charge is 0.262 e. The third kappa shape index (κ3) is 4.84. The number of pyridine rings is 1. The summed E-state index contributed by atoms with van der Waals surface area (Å²) >= 11 is 15.9. The van der Waals surface area contributed by atoms with E-state index in [9.17, 15) is 0 Å². The zero-order valence-corrected chi connectivity index (χ0v) is 19.0. The molecule has 2 aromatic heterocycles. The zero-order chi connectivity index (χ0) is 20.9. The highest BCUT2D eigenvalue weighted by atomic mass is 35.5. The minimum atomic E-state index is 0.596. The standard InChI is InChI=1S/C22H16Cl2N4S2/c1-29-18-7-4-15(5-8-18)12-26-28-21(19-11-16(23)6-9-20(19)24)14-30-22(28)27-17-3-2-10-25-13-17/h2-14H,1H3. The van der Waals surface area contributed by atoms with E-state index < -0.39 is 0 Å². The van der Waals surface area contributed by atoms with Crippen molar-refractivity contribution < 1.29 is 0 Å². The molecule has 0 fully saturated rings. The van der Waals surface area contributed by atoms with Gasteiger partial charge in [0.2, 0.25) is 4.80 Å². The minimum absolute atomic E-state index is 0.596. The van der Waals surface area contributed by atoms with Crippen molar-refractivity contribution in [1.82, 2.24) is 9.66 Å². The maximum absolute atomic E-state index is 6.46. The van der Waals surface area contributed by atoms with E-state index in [-0.39, 0.29) is 0 Å². The van der Waals surface area contributed by atoms with Gasteiger partial charge in [-0.1, -0.05) is 35.3 Å². The Morgan fingerprint density at radius 1 is 1.10 bits per heavy atom. The quantitative estimate of drug-likeness (QED) is 0.239. The fourth-order valence-electron chi connectivity index (χ4n) is 2.71. The molecule has 4 nitrogen and oxygen atoms in total. The summed E-state index contributed by atoms with van der Waals surface area (Å²) in [6.07, 6.45) is 7.29. The Balaban J connectivity index is 1.84. The molecule has 4 aromatic rings. The summed E-state index contributed by atoms with van der Waals surface area (Å²) in [5.74, 6) is 0. The highest BCUT2D eigenvalue weighted by molar-refractivity contribution is 7.98. The fourth-order valence-corrected chi connectivity index (χ4v) is 4.35. The van der Waals surface area contributed by atoms with Gasteiger partial charge in [0.05, 0.1) is 28.8 Å². The fraction of sp³-hybridized carbons (Fsp3) is 0.0455. The molecule has 0 saturated carbocycles. The molecule has 0 saturated heterocycles. The molecular weight excluding hydrogens is 455 g/mol. The van der Waals surface area contributed by atoms with Gasteiger partial charge < -0.3 is 0 Å². The van der Waals surface area contributed by atoms with Gasteiger partial charge in [0, 0.05) is 27.1 Å². The molecule has 0 amide bonds. The van der Waals surface area contributed by atoms with Crippen LogP contribution in [0.5, 0.6) is 0 Å². The molecule has 0 aliphatic rings. The second kappa shape index (κ2) is 9.62. The zero-order valence-electron chi connectivity index (χ0n) is 15.9. The average Bonchev–Trinajstić information content (AvgIpc) is 3.17. The van der Waals surface area contributed by atoms with Crippen LogP contribution in [0.1, 0.15) is 5.56 Å². The van der Waals surface area contributed by atoms with Crippen LogP contribution in [0, 0.1) is 0 Å². The third-order valence-electron chi connectivity index (χ3n) is 4.20. The normalized spacial score (nSPS) is 12.0. The van der Waals surface area contributed by atoms with Crippen molar-refractivity contribution in [3.63, 3.8) is 0 Å². The van der Waals surface area contributed by atoms with Crippen LogP contribution in [0.25, 0.3) is 11.3 Å². The van der Waals surface area contributed by atoms with Crippen LogP contribution in [0.15, 0.2) is 87.4 Å². The first kappa shape index (κ1) is 20.9. The number of nitrogens with zero attached hydrogens (tertiary/aromatic N) is 4. The smallest absolute Gasteiger partial charge is 0.211 e. The van der Waals surface area contributed by atoms with Crippen molar-refractivity contribution in [2.45, 2.75) is 4.90 Å². The molecule has 0 aliphatic heterocycles. The van der Waals surface area contributed by atoms with Crippen molar-refractivity contribution in [2.24, 2.45) is 10.1 Å².